The fraction of sp³-hybridized carbons (Fsp3) is 0.481. The summed E-state index contributed by atoms with van der Waals surface area (Å²) >= 11 is 0. The highest BCUT2D eigenvalue weighted by Crippen LogP contribution is 2.38. The lowest BCUT2D eigenvalue weighted by molar-refractivity contribution is 0.0971. The summed E-state index contributed by atoms with van der Waals surface area (Å²) in [4.78, 5) is 25.1. The Hall–Kier alpha value is -2.22. The number of fused-ring (bicyclic) bond motifs is 3. The van der Waals surface area contributed by atoms with Crippen LogP contribution in [-0.2, 0) is 6.42 Å². The molecule has 0 amide bonds. The summed E-state index contributed by atoms with van der Waals surface area (Å²) in [6.45, 7) is 4.37. The Morgan fingerprint density at radius 2 is 1.10 bits per heavy atom. The highest BCUT2D eigenvalue weighted by molar-refractivity contribution is 5.99. The van der Waals surface area contributed by atoms with E-state index in [4.69, 9.17) is 0 Å². The van der Waals surface area contributed by atoms with Crippen molar-refractivity contribution in [3.8, 4) is 11.1 Å². The van der Waals surface area contributed by atoms with E-state index in [0.29, 0.717) is 12.8 Å². The minimum absolute atomic E-state index is 0.253. The van der Waals surface area contributed by atoms with Gasteiger partial charge >= 0.3 is 0 Å². The van der Waals surface area contributed by atoms with Crippen molar-refractivity contribution in [2.24, 2.45) is 0 Å². The summed E-state index contributed by atoms with van der Waals surface area (Å²) in [5, 5.41) is 0. The number of rotatable bonds is 12. The molecule has 154 valence electrons. The van der Waals surface area contributed by atoms with Crippen LogP contribution in [0.25, 0.3) is 11.1 Å². The molecule has 0 unspecified atom stereocenters. The number of hydrogen-bond acceptors (Lipinski definition) is 2. The van der Waals surface area contributed by atoms with Crippen LogP contribution >= 0.6 is 0 Å². The number of carbonyl (C=O) groups excluding carboxylic acids is 2. The van der Waals surface area contributed by atoms with Crippen LogP contribution in [0, 0.1) is 0 Å². The molecule has 2 heteroatoms. The highest BCUT2D eigenvalue weighted by Gasteiger charge is 2.21. The lowest BCUT2D eigenvalue weighted by Crippen LogP contribution is -2.00. The molecule has 0 spiro atoms. The normalized spacial score (nSPS) is 11.9. The molecule has 0 saturated carbocycles. The van der Waals surface area contributed by atoms with E-state index < -0.39 is 0 Å². The van der Waals surface area contributed by atoms with Crippen molar-refractivity contribution in [1.29, 1.82) is 0 Å². The van der Waals surface area contributed by atoms with Crippen LogP contribution in [0.4, 0.5) is 0 Å². The molecular formula is C27H34O2. The fourth-order valence-electron chi connectivity index (χ4n) is 4.27. The molecule has 29 heavy (non-hydrogen) atoms. The van der Waals surface area contributed by atoms with Crippen LogP contribution in [-0.4, -0.2) is 11.6 Å². The van der Waals surface area contributed by atoms with E-state index in [1.807, 2.05) is 12.1 Å². The zero-order chi connectivity index (χ0) is 20.6. The SMILES string of the molecule is CCCCCCC(=O)c1ccc2c(c1)Cc1cc(C(=O)CCCCCC)ccc1-2. The second-order valence-electron chi connectivity index (χ2n) is 8.39. The second-order valence-corrected chi connectivity index (χ2v) is 8.39. The lowest BCUT2D eigenvalue weighted by atomic mass is 9.98. The number of Topliss-reactive ketones (excluding diaryl/α,β-unsaturated/α-hetero) is 2. The molecule has 2 nitrogen and oxygen atoms in total. The number of benzene rings is 2. The van der Waals surface area contributed by atoms with Crippen LogP contribution in [0.5, 0.6) is 0 Å². The van der Waals surface area contributed by atoms with Gasteiger partial charge in [-0.05, 0) is 53.6 Å². The van der Waals surface area contributed by atoms with Crippen LogP contribution in [0.15, 0.2) is 36.4 Å². The van der Waals surface area contributed by atoms with Gasteiger partial charge in [0.05, 0.1) is 0 Å². The van der Waals surface area contributed by atoms with Gasteiger partial charge in [-0.25, -0.2) is 0 Å². The molecule has 0 aliphatic heterocycles. The van der Waals surface area contributed by atoms with E-state index in [1.165, 1.54) is 47.9 Å². The van der Waals surface area contributed by atoms with Gasteiger partial charge < -0.3 is 0 Å². The van der Waals surface area contributed by atoms with Crippen LogP contribution < -0.4 is 0 Å². The maximum atomic E-state index is 12.5. The van der Waals surface area contributed by atoms with Crippen molar-refractivity contribution in [3.05, 3.63) is 58.7 Å². The number of unbranched alkanes of at least 4 members (excludes halogenated alkanes) is 6. The quantitative estimate of drug-likeness (QED) is 0.236. The fourth-order valence-corrected chi connectivity index (χ4v) is 4.27. The van der Waals surface area contributed by atoms with Crippen LogP contribution in [0.2, 0.25) is 0 Å². The zero-order valence-corrected chi connectivity index (χ0v) is 18.1. The van der Waals surface area contributed by atoms with Crippen LogP contribution in [0.1, 0.15) is 110 Å². The molecule has 2 aromatic rings. The Morgan fingerprint density at radius 3 is 1.52 bits per heavy atom. The molecule has 0 atom stereocenters. The van der Waals surface area contributed by atoms with Crippen molar-refractivity contribution in [1.82, 2.24) is 0 Å². The summed E-state index contributed by atoms with van der Waals surface area (Å²) in [7, 11) is 0. The minimum Gasteiger partial charge on any atom is -0.294 e. The highest BCUT2D eigenvalue weighted by atomic mass is 16.1. The van der Waals surface area contributed by atoms with Gasteiger partial charge in [0.2, 0.25) is 0 Å². The number of hydrogen-bond donors (Lipinski definition) is 0. The zero-order valence-electron chi connectivity index (χ0n) is 18.1. The van der Waals surface area contributed by atoms with E-state index in [9.17, 15) is 9.59 Å². The topological polar surface area (TPSA) is 34.1 Å². The third-order valence-corrected chi connectivity index (χ3v) is 6.04. The largest absolute Gasteiger partial charge is 0.294 e. The molecule has 1 aliphatic rings. The van der Waals surface area contributed by atoms with E-state index >= 15 is 0 Å². The summed E-state index contributed by atoms with van der Waals surface area (Å²) in [6.07, 6.45) is 11.1. The number of carbonyl (C=O) groups is 2. The van der Waals surface area contributed by atoms with Gasteiger partial charge in [-0.2, -0.15) is 0 Å². The first-order chi connectivity index (χ1) is 14.1. The first-order valence-electron chi connectivity index (χ1n) is 11.5. The molecule has 0 N–H and O–H groups in total. The third kappa shape index (κ3) is 5.44. The minimum atomic E-state index is 0.253. The average Bonchev–Trinajstić information content (AvgIpc) is 3.10. The van der Waals surface area contributed by atoms with Crippen molar-refractivity contribution >= 4 is 11.6 Å². The van der Waals surface area contributed by atoms with E-state index in [0.717, 1.165) is 43.2 Å². The van der Waals surface area contributed by atoms with Gasteiger partial charge in [-0.15, -0.1) is 0 Å². The van der Waals surface area contributed by atoms with Gasteiger partial charge in [0, 0.05) is 24.0 Å². The van der Waals surface area contributed by atoms with E-state index in [-0.39, 0.29) is 11.6 Å². The maximum absolute atomic E-state index is 12.5. The summed E-state index contributed by atoms with van der Waals surface area (Å²) in [6, 6.07) is 12.3. The van der Waals surface area contributed by atoms with Gasteiger partial charge in [0.15, 0.2) is 11.6 Å². The molecule has 3 rings (SSSR count). The lowest BCUT2D eigenvalue weighted by Gasteiger charge is -2.06. The Labute approximate surface area is 175 Å². The summed E-state index contributed by atoms with van der Waals surface area (Å²) < 4.78 is 0. The van der Waals surface area contributed by atoms with Gasteiger partial charge in [0.25, 0.3) is 0 Å². The molecular weight excluding hydrogens is 356 g/mol. The Balaban J connectivity index is 1.65. The summed E-state index contributed by atoms with van der Waals surface area (Å²) in [5.41, 5.74) is 6.52. The average molecular weight is 391 g/mol. The number of ketones is 2. The van der Waals surface area contributed by atoms with Gasteiger partial charge in [0.1, 0.15) is 0 Å². The van der Waals surface area contributed by atoms with Crippen molar-refractivity contribution in [2.75, 3.05) is 0 Å². The molecule has 0 aromatic heterocycles. The summed E-state index contributed by atoms with van der Waals surface area (Å²) in [5.74, 6) is 0.505. The molecule has 0 fully saturated rings. The van der Waals surface area contributed by atoms with Gasteiger partial charge in [-0.1, -0.05) is 76.6 Å². The van der Waals surface area contributed by atoms with Crippen molar-refractivity contribution < 1.29 is 9.59 Å². The predicted molar refractivity (Wildman–Crippen MR) is 121 cm³/mol. The standard InChI is InChI=1S/C27H34O2/c1-3-5-7-9-11-26(28)20-13-15-24-22(17-20)19-23-18-21(14-16-25(23)24)27(29)12-10-8-6-4-2/h13-18H,3-12,19H2,1-2H3. The smallest absolute Gasteiger partial charge is 0.162 e. The van der Waals surface area contributed by atoms with Gasteiger partial charge in [-0.3, -0.25) is 9.59 Å². The Bertz CT molecular complexity index is 791. The molecule has 1 aliphatic carbocycles. The first kappa shape index (κ1) is 21.5. The van der Waals surface area contributed by atoms with E-state index in [2.05, 4.69) is 38.1 Å². The first-order valence-corrected chi connectivity index (χ1v) is 11.5. The molecule has 0 radical (unpaired) electrons. The Morgan fingerprint density at radius 1 is 0.655 bits per heavy atom. The van der Waals surface area contributed by atoms with Crippen molar-refractivity contribution in [2.45, 2.75) is 84.5 Å². The van der Waals surface area contributed by atoms with E-state index in [1.54, 1.807) is 0 Å². The second kappa shape index (κ2) is 10.5. The van der Waals surface area contributed by atoms with Crippen LogP contribution in [0.3, 0.4) is 0 Å². The molecule has 2 aromatic carbocycles. The predicted octanol–water partition coefficient (Wildman–Crippen LogP) is 7.56. The monoisotopic (exact) mass is 390 g/mol. The third-order valence-electron chi connectivity index (χ3n) is 6.04. The molecule has 0 bridgehead atoms. The molecule has 0 saturated heterocycles. The van der Waals surface area contributed by atoms with Crippen molar-refractivity contribution in [3.63, 3.8) is 0 Å². The maximum Gasteiger partial charge on any atom is 0.162 e. The molecule has 0 heterocycles. The Kier molecular flexibility index (Phi) is 7.80.